The Balaban J connectivity index is 1.59. The number of benzene rings is 1. The molecule has 1 unspecified atom stereocenters. The minimum absolute atomic E-state index is 0.0553. The maximum atomic E-state index is 12.8. The van der Waals surface area contributed by atoms with Gasteiger partial charge >= 0.3 is 12.2 Å². The van der Waals surface area contributed by atoms with Gasteiger partial charge in [0.1, 0.15) is 5.82 Å². The molecule has 1 aliphatic heterocycles. The van der Waals surface area contributed by atoms with Crippen molar-refractivity contribution in [2.75, 3.05) is 31.1 Å². The van der Waals surface area contributed by atoms with E-state index in [9.17, 15) is 18.0 Å². The van der Waals surface area contributed by atoms with Gasteiger partial charge in [-0.3, -0.25) is 0 Å². The van der Waals surface area contributed by atoms with Gasteiger partial charge in [0, 0.05) is 36.8 Å². The van der Waals surface area contributed by atoms with E-state index >= 15 is 0 Å². The Morgan fingerprint density at radius 1 is 1.24 bits per heavy atom. The van der Waals surface area contributed by atoms with Crippen LogP contribution >= 0.6 is 27.5 Å². The van der Waals surface area contributed by atoms with Gasteiger partial charge in [-0.1, -0.05) is 45.7 Å². The van der Waals surface area contributed by atoms with Crippen molar-refractivity contribution in [3.63, 3.8) is 0 Å². The van der Waals surface area contributed by atoms with Gasteiger partial charge in [0.05, 0.1) is 16.6 Å². The third kappa shape index (κ3) is 5.14. The number of piperazine rings is 1. The highest BCUT2D eigenvalue weighted by Crippen LogP contribution is 2.33. The molecule has 1 atom stereocenters. The molecule has 0 aliphatic carbocycles. The topological polar surface area (TPSA) is 48.5 Å². The minimum Gasteiger partial charge on any atom is -0.352 e. The number of nitrogens with zero attached hydrogens (tertiary/aromatic N) is 3. The van der Waals surface area contributed by atoms with E-state index in [1.54, 1.807) is 9.80 Å². The van der Waals surface area contributed by atoms with E-state index in [-0.39, 0.29) is 17.1 Å². The molecule has 1 saturated heterocycles. The first-order valence-corrected chi connectivity index (χ1v) is 10.1. The third-order valence-corrected chi connectivity index (χ3v) is 5.73. The van der Waals surface area contributed by atoms with Gasteiger partial charge in [0.25, 0.3) is 0 Å². The standard InChI is InChI=1S/C19H19BrClF3N4O/c1-12(14-4-2-3-5-15(14)20)26-18(29)28-8-6-27(7-9-28)17-16(21)10-13(11-25-17)19(22,23)24/h2-5,10-12H,6-9H2,1H3,(H,26,29). The Bertz CT molecular complexity index is 888. The molecule has 0 radical (unpaired) electrons. The number of amides is 2. The van der Waals surface area contributed by atoms with Gasteiger partial charge in [-0.05, 0) is 24.6 Å². The summed E-state index contributed by atoms with van der Waals surface area (Å²) in [5, 5.41) is 2.91. The minimum atomic E-state index is -4.49. The summed E-state index contributed by atoms with van der Waals surface area (Å²) in [6.45, 7) is 3.57. The zero-order chi connectivity index (χ0) is 21.2. The van der Waals surface area contributed by atoms with Crippen LogP contribution < -0.4 is 10.2 Å². The van der Waals surface area contributed by atoms with E-state index in [2.05, 4.69) is 26.2 Å². The molecule has 0 bridgehead atoms. The average molecular weight is 492 g/mol. The van der Waals surface area contributed by atoms with Gasteiger partial charge in [-0.2, -0.15) is 13.2 Å². The van der Waals surface area contributed by atoms with Crippen LogP contribution in [0.5, 0.6) is 0 Å². The molecule has 10 heteroatoms. The lowest BCUT2D eigenvalue weighted by atomic mass is 10.1. The predicted octanol–water partition coefficient (Wildman–Crippen LogP) is 5.11. The second kappa shape index (κ2) is 8.79. The zero-order valence-electron chi connectivity index (χ0n) is 15.5. The van der Waals surface area contributed by atoms with Crippen molar-refractivity contribution in [3.8, 4) is 0 Å². The first-order valence-electron chi connectivity index (χ1n) is 8.94. The molecule has 1 aliphatic rings. The number of carbonyl (C=O) groups is 1. The number of pyridine rings is 1. The Labute approximate surface area is 180 Å². The second-order valence-corrected chi connectivity index (χ2v) is 7.96. The Morgan fingerprint density at radius 3 is 2.48 bits per heavy atom. The molecule has 2 amide bonds. The lowest BCUT2D eigenvalue weighted by Crippen LogP contribution is -2.52. The molecule has 3 rings (SSSR count). The molecule has 2 heterocycles. The molecule has 1 N–H and O–H groups in total. The zero-order valence-corrected chi connectivity index (χ0v) is 17.9. The van der Waals surface area contributed by atoms with Crippen LogP contribution in [-0.2, 0) is 6.18 Å². The number of nitrogens with one attached hydrogen (secondary N) is 1. The largest absolute Gasteiger partial charge is 0.417 e. The molecule has 2 aromatic rings. The number of carbonyl (C=O) groups excluding carboxylic acids is 1. The summed E-state index contributed by atoms with van der Waals surface area (Å²) in [4.78, 5) is 19.9. The molecule has 1 aromatic heterocycles. The monoisotopic (exact) mass is 490 g/mol. The molecule has 156 valence electrons. The molecular weight excluding hydrogens is 473 g/mol. The predicted molar refractivity (Wildman–Crippen MR) is 109 cm³/mol. The van der Waals surface area contributed by atoms with Crippen LogP contribution in [0.2, 0.25) is 5.02 Å². The van der Waals surface area contributed by atoms with Crippen LogP contribution in [0.25, 0.3) is 0 Å². The van der Waals surface area contributed by atoms with Gasteiger partial charge in [-0.15, -0.1) is 0 Å². The van der Waals surface area contributed by atoms with Crippen LogP contribution in [0.4, 0.5) is 23.8 Å². The van der Waals surface area contributed by atoms with Crippen molar-refractivity contribution in [1.29, 1.82) is 0 Å². The van der Waals surface area contributed by atoms with E-state index in [1.807, 2.05) is 31.2 Å². The van der Waals surface area contributed by atoms with Gasteiger partial charge < -0.3 is 15.1 Å². The molecule has 1 aromatic carbocycles. The molecule has 5 nitrogen and oxygen atoms in total. The highest BCUT2D eigenvalue weighted by atomic mass is 79.9. The maximum absolute atomic E-state index is 12.8. The lowest BCUT2D eigenvalue weighted by Gasteiger charge is -2.36. The number of alkyl halides is 3. The number of anilines is 1. The molecule has 0 spiro atoms. The normalized spacial score (nSPS) is 15.9. The van der Waals surface area contributed by atoms with Gasteiger partial charge in [-0.25, -0.2) is 9.78 Å². The van der Waals surface area contributed by atoms with Crippen molar-refractivity contribution in [1.82, 2.24) is 15.2 Å². The van der Waals surface area contributed by atoms with Crippen LogP contribution in [0, 0.1) is 0 Å². The highest BCUT2D eigenvalue weighted by molar-refractivity contribution is 9.10. The van der Waals surface area contributed by atoms with Crippen molar-refractivity contribution in [2.45, 2.75) is 19.1 Å². The van der Waals surface area contributed by atoms with Crippen LogP contribution in [0.3, 0.4) is 0 Å². The number of rotatable bonds is 3. The van der Waals surface area contributed by atoms with E-state index < -0.39 is 11.7 Å². The van der Waals surface area contributed by atoms with E-state index in [1.165, 1.54) is 0 Å². The summed E-state index contributed by atoms with van der Waals surface area (Å²) >= 11 is 9.50. The SMILES string of the molecule is CC(NC(=O)N1CCN(c2ncc(C(F)(F)F)cc2Cl)CC1)c1ccccc1Br. The Hall–Kier alpha value is -2.00. The van der Waals surface area contributed by atoms with Crippen molar-refractivity contribution in [2.24, 2.45) is 0 Å². The number of hydrogen-bond donors (Lipinski definition) is 1. The number of hydrogen-bond acceptors (Lipinski definition) is 3. The summed E-state index contributed by atoms with van der Waals surface area (Å²) in [5.74, 6) is 0.293. The van der Waals surface area contributed by atoms with Crippen molar-refractivity contribution in [3.05, 3.63) is 57.2 Å². The van der Waals surface area contributed by atoms with Crippen molar-refractivity contribution >= 4 is 39.4 Å². The van der Waals surface area contributed by atoms with Crippen LogP contribution in [-0.4, -0.2) is 42.1 Å². The van der Waals surface area contributed by atoms with Crippen LogP contribution in [0.1, 0.15) is 24.1 Å². The van der Waals surface area contributed by atoms with Crippen LogP contribution in [0.15, 0.2) is 41.0 Å². The second-order valence-electron chi connectivity index (χ2n) is 6.69. The average Bonchev–Trinajstić information content (AvgIpc) is 2.67. The van der Waals surface area contributed by atoms with E-state index in [0.29, 0.717) is 32.0 Å². The Morgan fingerprint density at radius 2 is 1.90 bits per heavy atom. The van der Waals surface area contributed by atoms with Gasteiger partial charge in [0.15, 0.2) is 0 Å². The quantitative estimate of drug-likeness (QED) is 0.649. The van der Waals surface area contributed by atoms with E-state index in [4.69, 9.17) is 11.6 Å². The van der Waals surface area contributed by atoms with E-state index in [0.717, 1.165) is 22.3 Å². The summed E-state index contributed by atoms with van der Waals surface area (Å²) < 4.78 is 39.2. The first kappa shape index (κ1) is 21.7. The highest BCUT2D eigenvalue weighted by Gasteiger charge is 2.32. The smallest absolute Gasteiger partial charge is 0.352 e. The molecule has 0 saturated carbocycles. The fraction of sp³-hybridized carbons (Fsp3) is 0.368. The molecule has 29 heavy (non-hydrogen) atoms. The molecular formula is C19H19BrClF3N4O. The number of aromatic nitrogens is 1. The fourth-order valence-electron chi connectivity index (χ4n) is 3.12. The molecule has 1 fully saturated rings. The first-order chi connectivity index (χ1) is 13.7. The number of urea groups is 1. The maximum Gasteiger partial charge on any atom is 0.417 e. The number of halogens is 5. The summed E-state index contributed by atoms with van der Waals surface area (Å²) in [7, 11) is 0. The summed E-state index contributed by atoms with van der Waals surface area (Å²) in [6.07, 6.45) is -3.71. The van der Waals surface area contributed by atoms with Gasteiger partial charge in [0.2, 0.25) is 0 Å². The fourth-order valence-corrected chi connectivity index (χ4v) is 4.03. The summed E-state index contributed by atoms with van der Waals surface area (Å²) in [5.41, 5.74) is 0.0885. The third-order valence-electron chi connectivity index (χ3n) is 4.73. The summed E-state index contributed by atoms with van der Waals surface area (Å²) in [6, 6.07) is 8.16. The van der Waals surface area contributed by atoms with Crippen molar-refractivity contribution < 1.29 is 18.0 Å². The Kier molecular flexibility index (Phi) is 6.58. The lowest BCUT2D eigenvalue weighted by molar-refractivity contribution is -0.137.